The molecule has 2 rings (SSSR count). The molecule has 2 atom stereocenters. The predicted octanol–water partition coefficient (Wildman–Crippen LogP) is 2.29. The molecule has 0 amide bonds. The first-order valence-electron chi connectivity index (χ1n) is 7.46. The minimum atomic E-state index is -0.408. The van der Waals surface area contributed by atoms with Gasteiger partial charge in [-0.15, -0.1) is 0 Å². The Hall–Kier alpha value is -1.66. The second-order valence-corrected chi connectivity index (χ2v) is 5.62. The number of piperazine rings is 1. The standard InChI is InChI=1S/C15H23N3O3/c1-3-11(2)15(17-8-6-16-7-9-17)13-10-12(18(20)21)4-5-14(13)19/h4-5,10-11,15-16,19H,3,6-9H2,1-2H3/t11?,15-/m0/s1. The Bertz CT molecular complexity index is 501. The molecule has 2 N–H and O–H groups in total. The summed E-state index contributed by atoms with van der Waals surface area (Å²) in [6.07, 6.45) is 0.955. The van der Waals surface area contributed by atoms with Gasteiger partial charge < -0.3 is 10.4 Å². The van der Waals surface area contributed by atoms with E-state index >= 15 is 0 Å². The van der Waals surface area contributed by atoms with E-state index < -0.39 is 4.92 Å². The molecule has 0 radical (unpaired) electrons. The summed E-state index contributed by atoms with van der Waals surface area (Å²) in [5.41, 5.74) is 0.701. The topological polar surface area (TPSA) is 78.6 Å². The van der Waals surface area contributed by atoms with Crippen molar-refractivity contribution < 1.29 is 10.0 Å². The molecule has 6 heteroatoms. The van der Waals surface area contributed by atoms with Gasteiger partial charge in [0.15, 0.2) is 0 Å². The lowest BCUT2D eigenvalue weighted by atomic mass is 9.89. The SMILES string of the molecule is CCC(C)[C@@H](c1cc([N+](=O)[O-])ccc1O)N1CCNCC1. The lowest BCUT2D eigenvalue weighted by Crippen LogP contribution is -2.46. The van der Waals surface area contributed by atoms with Crippen molar-refractivity contribution in [1.82, 2.24) is 10.2 Å². The maximum atomic E-state index is 11.0. The smallest absolute Gasteiger partial charge is 0.270 e. The molecule has 1 aliphatic rings. The van der Waals surface area contributed by atoms with E-state index in [1.54, 1.807) is 0 Å². The van der Waals surface area contributed by atoms with Crippen molar-refractivity contribution in [1.29, 1.82) is 0 Å². The number of phenols is 1. The molecule has 116 valence electrons. The first-order valence-corrected chi connectivity index (χ1v) is 7.46. The van der Waals surface area contributed by atoms with E-state index in [4.69, 9.17) is 0 Å². The highest BCUT2D eigenvalue weighted by atomic mass is 16.6. The van der Waals surface area contributed by atoms with Crippen LogP contribution in [0.2, 0.25) is 0 Å². The zero-order chi connectivity index (χ0) is 15.4. The number of rotatable bonds is 5. The van der Waals surface area contributed by atoms with Gasteiger partial charge in [-0.3, -0.25) is 15.0 Å². The van der Waals surface area contributed by atoms with Crippen molar-refractivity contribution in [3.05, 3.63) is 33.9 Å². The lowest BCUT2D eigenvalue weighted by Gasteiger charge is -2.38. The highest BCUT2D eigenvalue weighted by Crippen LogP contribution is 2.37. The van der Waals surface area contributed by atoms with Gasteiger partial charge in [0, 0.05) is 49.9 Å². The number of phenolic OH excluding ortho intramolecular Hbond substituents is 1. The van der Waals surface area contributed by atoms with Crippen LogP contribution in [-0.2, 0) is 0 Å². The second-order valence-electron chi connectivity index (χ2n) is 5.62. The average Bonchev–Trinajstić information content (AvgIpc) is 2.50. The minimum absolute atomic E-state index is 0.0111. The van der Waals surface area contributed by atoms with Crippen LogP contribution in [0, 0.1) is 16.0 Å². The summed E-state index contributed by atoms with van der Waals surface area (Å²) in [6.45, 7) is 7.82. The Kier molecular flexibility index (Phi) is 5.14. The number of nitrogens with zero attached hydrogens (tertiary/aromatic N) is 2. The summed E-state index contributed by atoms with van der Waals surface area (Å²) in [5, 5.41) is 24.5. The van der Waals surface area contributed by atoms with E-state index in [9.17, 15) is 15.2 Å². The lowest BCUT2D eigenvalue weighted by molar-refractivity contribution is -0.385. The Balaban J connectivity index is 2.39. The Morgan fingerprint density at radius 2 is 2.10 bits per heavy atom. The maximum absolute atomic E-state index is 11.0. The van der Waals surface area contributed by atoms with Crippen molar-refractivity contribution in [3.63, 3.8) is 0 Å². The largest absolute Gasteiger partial charge is 0.508 e. The second kappa shape index (κ2) is 6.87. The van der Waals surface area contributed by atoms with Crippen LogP contribution in [-0.4, -0.2) is 41.1 Å². The van der Waals surface area contributed by atoms with E-state index in [0.29, 0.717) is 11.5 Å². The summed E-state index contributed by atoms with van der Waals surface area (Å²) in [7, 11) is 0. The third kappa shape index (κ3) is 3.51. The normalized spacial score (nSPS) is 19.1. The van der Waals surface area contributed by atoms with Crippen LogP contribution < -0.4 is 5.32 Å². The van der Waals surface area contributed by atoms with E-state index in [1.807, 2.05) is 0 Å². The zero-order valence-electron chi connectivity index (χ0n) is 12.6. The summed E-state index contributed by atoms with van der Waals surface area (Å²) in [4.78, 5) is 12.9. The van der Waals surface area contributed by atoms with Gasteiger partial charge in [0.05, 0.1) is 4.92 Å². The number of nitrogens with one attached hydrogen (secondary N) is 1. The summed E-state index contributed by atoms with van der Waals surface area (Å²) >= 11 is 0. The molecule has 21 heavy (non-hydrogen) atoms. The van der Waals surface area contributed by atoms with E-state index in [-0.39, 0.29) is 17.5 Å². The zero-order valence-corrected chi connectivity index (χ0v) is 12.6. The molecule has 0 bridgehead atoms. The molecule has 1 aromatic carbocycles. The van der Waals surface area contributed by atoms with Crippen molar-refractivity contribution in [2.45, 2.75) is 26.3 Å². The number of aromatic hydroxyl groups is 1. The van der Waals surface area contributed by atoms with E-state index in [0.717, 1.165) is 32.6 Å². The predicted molar refractivity (Wildman–Crippen MR) is 81.4 cm³/mol. The third-order valence-electron chi connectivity index (χ3n) is 4.27. The summed E-state index contributed by atoms with van der Waals surface area (Å²) < 4.78 is 0. The van der Waals surface area contributed by atoms with Crippen molar-refractivity contribution in [2.75, 3.05) is 26.2 Å². The summed E-state index contributed by atoms with van der Waals surface area (Å²) in [6, 6.07) is 4.32. The minimum Gasteiger partial charge on any atom is -0.508 e. The van der Waals surface area contributed by atoms with Gasteiger partial charge in [-0.25, -0.2) is 0 Å². The highest BCUT2D eigenvalue weighted by molar-refractivity contribution is 5.45. The molecule has 0 saturated carbocycles. The molecular weight excluding hydrogens is 270 g/mol. The number of non-ortho nitro benzene ring substituents is 1. The van der Waals surface area contributed by atoms with Crippen molar-refractivity contribution >= 4 is 5.69 Å². The van der Waals surface area contributed by atoms with Gasteiger partial charge in [0.2, 0.25) is 0 Å². The molecule has 0 aliphatic carbocycles. The van der Waals surface area contributed by atoms with Crippen LogP contribution in [0.4, 0.5) is 5.69 Å². The van der Waals surface area contributed by atoms with E-state index in [1.165, 1.54) is 18.2 Å². The van der Waals surface area contributed by atoms with Gasteiger partial charge in [-0.1, -0.05) is 20.3 Å². The highest BCUT2D eigenvalue weighted by Gasteiger charge is 2.29. The molecule has 1 unspecified atom stereocenters. The molecule has 6 nitrogen and oxygen atoms in total. The van der Waals surface area contributed by atoms with Gasteiger partial charge in [0.1, 0.15) is 5.75 Å². The Morgan fingerprint density at radius 3 is 2.67 bits per heavy atom. The van der Waals surface area contributed by atoms with Crippen molar-refractivity contribution in [2.24, 2.45) is 5.92 Å². The molecule has 1 heterocycles. The van der Waals surface area contributed by atoms with Crippen LogP contribution >= 0.6 is 0 Å². The molecule has 1 fully saturated rings. The fourth-order valence-corrected chi connectivity index (χ4v) is 2.94. The first kappa shape index (κ1) is 15.7. The number of hydrogen-bond donors (Lipinski definition) is 2. The van der Waals surface area contributed by atoms with Crippen LogP contribution in [0.5, 0.6) is 5.75 Å². The molecular formula is C15H23N3O3. The third-order valence-corrected chi connectivity index (χ3v) is 4.27. The molecule has 0 aromatic heterocycles. The van der Waals surface area contributed by atoms with Crippen LogP contribution in [0.3, 0.4) is 0 Å². The first-order chi connectivity index (χ1) is 10.0. The number of benzene rings is 1. The summed E-state index contributed by atoms with van der Waals surface area (Å²) in [5.74, 6) is 0.459. The Morgan fingerprint density at radius 1 is 1.43 bits per heavy atom. The van der Waals surface area contributed by atoms with Crippen LogP contribution in [0.1, 0.15) is 31.9 Å². The Labute approximate surface area is 124 Å². The van der Waals surface area contributed by atoms with Gasteiger partial charge in [0.25, 0.3) is 5.69 Å². The maximum Gasteiger partial charge on any atom is 0.270 e. The number of hydrogen-bond acceptors (Lipinski definition) is 5. The van der Waals surface area contributed by atoms with Gasteiger partial charge in [-0.2, -0.15) is 0 Å². The van der Waals surface area contributed by atoms with Gasteiger partial charge >= 0.3 is 0 Å². The number of nitro groups is 1. The molecule has 1 aromatic rings. The average molecular weight is 293 g/mol. The van der Waals surface area contributed by atoms with Gasteiger partial charge in [-0.05, 0) is 12.0 Å². The molecule has 1 aliphatic heterocycles. The fraction of sp³-hybridized carbons (Fsp3) is 0.600. The quantitative estimate of drug-likeness (QED) is 0.643. The molecule has 0 spiro atoms. The monoisotopic (exact) mass is 293 g/mol. The van der Waals surface area contributed by atoms with Crippen LogP contribution in [0.25, 0.3) is 0 Å². The van der Waals surface area contributed by atoms with Crippen LogP contribution in [0.15, 0.2) is 18.2 Å². The fourth-order valence-electron chi connectivity index (χ4n) is 2.94. The number of nitro benzene ring substituents is 1. The van der Waals surface area contributed by atoms with E-state index in [2.05, 4.69) is 24.1 Å². The molecule has 1 saturated heterocycles. The van der Waals surface area contributed by atoms with Crippen molar-refractivity contribution in [3.8, 4) is 5.75 Å².